The molecule has 0 bridgehead atoms. The SMILES string of the molecule is C#CCNC(=NCc1ccccc1N1CCOCC1)NCC.I. The maximum Gasteiger partial charge on any atom is 0.192 e. The molecule has 1 aliphatic heterocycles. The molecule has 6 heteroatoms. The largest absolute Gasteiger partial charge is 0.378 e. The van der Waals surface area contributed by atoms with Gasteiger partial charge < -0.3 is 20.3 Å². The number of hydrogen-bond donors (Lipinski definition) is 2. The Bertz CT molecular complexity index is 536. The number of morpholine rings is 1. The van der Waals surface area contributed by atoms with Gasteiger partial charge in [-0.3, -0.25) is 0 Å². The monoisotopic (exact) mass is 428 g/mol. The van der Waals surface area contributed by atoms with Crippen LogP contribution in [-0.4, -0.2) is 45.4 Å². The minimum absolute atomic E-state index is 0. The quantitative estimate of drug-likeness (QED) is 0.325. The first-order chi connectivity index (χ1) is 10.8. The van der Waals surface area contributed by atoms with Crippen LogP contribution in [0.25, 0.3) is 0 Å². The number of para-hydroxylation sites is 1. The number of rotatable bonds is 5. The fourth-order valence-corrected chi connectivity index (χ4v) is 2.40. The molecule has 0 unspecified atom stereocenters. The molecule has 0 aliphatic carbocycles. The number of benzene rings is 1. The van der Waals surface area contributed by atoms with Crippen molar-refractivity contribution in [3.63, 3.8) is 0 Å². The molecule has 0 atom stereocenters. The van der Waals surface area contributed by atoms with Crippen LogP contribution in [0.1, 0.15) is 12.5 Å². The molecule has 1 heterocycles. The van der Waals surface area contributed by atoms with Crippen molar-refractivity contribution in [2.75, 3.05) is 44.3 Å². The van der Waals surface area contributed by atoms with Crippen LogP contribution < -0.4 is 15.5 Å². The summed E-state index contributed by atoms with van der Waals surface area (Å²) in [6.45, 7) is 7.35. The second kappa shape index (κ2) is 11.1. The zero-order valence-corrected chi connectivity index (χ0v) is 15.9. The molecule has 0 aromatic heterocycles. The summed E-state index contributed by atoms with van der Waals surface area (Å²) in [4.78, 5) is 6.97. The zero-order valence-electron chi connectivity index (χ0n) is 13.5. The molecule has 23 heavy (non-hydrogen) atoms. The standard InChI is InChI=1S/C17H24N4O.HI/c1-3-9-19-17(18-4-2)20-14-15-7-5-6-8-16(15)21-10-12-22-13-11-21;/h1,5-8H,4,9-14H2,2H3,(H2,18,19,20);1H. The number of aliphatic imine (C=N–C) groups is 1. The number of ether oxygens (including phenoxy) is 1. The lowest BCUT2D eigenvalue weighted by Crippen LogP contribution is -2.38. The summed E-state index contributed by atoms with van der Waals surface area (Å²) in [7, 11) is 0. The van der Waals surface area contributed by atoms with Gasteiger partial charge in [0.15, 0.2) is 5.96 Å². The van der Waals surface area contributed by atoms with Crippen LogP contribution in [0.3, 0.4) is 0 Å². The molecule has 0 saturated carbocycles. The fraction of sp³-hybridized carbons (Fsp3) is 0.471. The van der Waals surface area contributed by atoms with E-state index < -0.39 is 0 Å². The topological polar surface area (TPSA) is 48.9 Å². The number of guanidine groups is 1. The number of halogens is 1. The Labute approximate surface area is 155 Å². The highest BCUT2D eigenvalue weighted by Crippen LogP contribution is 2.22. The van der Waals surface area contributed by atoms with E-state index in [1.54, 1.807) is 0 Å². The molecule has 1 aliphatic rings. The third kappa shape index (κ3) is 6.28. The van der Waals surface area contributed by atoms with Crippen molar-refractivity contribution >= 4 is 35.6 Å². The molecule has 126 valence electrons. The summed E-state index contributed by atoms with van der Waals surface area (Å²) < 4.78 is 5.43. The van der Waals surface area contributed by atoms with Gasteiger partial charge in [0.25, 0.3) is 0 Å². The second-order valence-electron chi connectivity index (χ2n) is 4.98. The molecule has 0 spiro atoms. The Balaban J connectivity index is 0.00000264. The minimum atomic E-state index is 0. The number of nitrogens with zero attached hydrogens (tertiary/aromatic N) is 2. The van der Waals surface area contributed by atoms with Crippen LogP contribution in [0.2, 0.25) is 0 Å². The Kier molecular flexibility index (Phi) is 9.48. The molecule has 1 saturated heterocycles. The van der Waals surface area contributed by atoms with Crippen molar-refractivity contribution in [3.05, 3.63) is 29.8 Å². The van der Waals surface area contributed by atoms with Crippen molar-refractivity contribution in [2.24, 2.45) is 4.99 Å². The van der Waals surface area contributed by atoms with E-state index in [-0.39, 0.29) is 24.0 Å². The summed E-state index contributed by atoms with van der Waals surface area (Å²) in [5.74, 6) is 3.31. The maximum atomic E-state index is 5.43. The number of anilines is 1. The van der Waals surface area contributed by atoms with E-state index in [4.69, 9.17) is 11.2 Å². The van der Waals surface area contributed by atoms with Crippen molar-refractivity contribution in [1.82, 2.24) is 10.6 Å². The molecule has 1 aromatic carbocycles. The third-order valence-electron chi connectivity index (χ3n) is 3.45. The molecule has 2 N–H and O–H groups in total. The Hall–Kier alpha value is -1.46. The van der Waals surface area contributed by atoms with Crippen molar-refractivity contribution in [1.29, 1.82) is 0 Å². The van der Waals surface area contributed by atoms with Gasteiger partial charge in [-0.1, -0.05) is 24.1 Å². The van der Waals surface area contributed by atoms with Gasteiger partial charge in [0.2, 0.25) is 0 Å². The van der Waals surface area contributed by atoms with Gasteiger partial charge in [-0.2, -0.15) is 0 Å². The maximum absolute atomic E-state index is 5.43. The van der Waals surface area contributed by atoms with E-state index in [0.29, 0.717) is 13.1 Å². The van der Waals surface area contributed by atoms with Gasteiger partial charge in [0, 0.05) is 25.3 Å². The van der Waals surface area contributed by atoms with Crippen LogP contribution in [0.15, 0.2) is 29.3 Å². The first-order valence-corrected chi connectivity index (χ1v) is 7.71. The normalized spacial score (nSPS) is 14.6. The Morgan fingerprint density at radius 3 is 2.74 bits per heavy atom. The van der Waals surface area contributed by atoms with Gasteiger partial charge in [-0.25, -0.2) is 4.99 Å². The minimum Gasteiger partial charge on any atom is -0.378 e. The average molecular weight is 428 g/mol. The predicted octanol–water partition coefficient (Wildman–Crippen LogP) is 1.83. The van der Waals surface area contributed by atoms with E-state index in [9.17, 15) is 0 Å². The van der Waals surface area contributed by atoms with E-state index in [1.807, 2.05) is 6.92 Å². The lowest BCUT2D eigenvalue weighted by molar-refractivity contribution is 0.122. The smallest absolute Gasteiger partial charge is 0.192 e. The molecular formula is C17H25IN4O. The van der Waals surface area contributed by atoms with Crippen LogP contribution >= 0.6 is 24.0 Å². The first-order valence-electron chi connectivity index (χ1n) is 7.71. The third-order valence-corrected chi connectivity index (χ3v) is 3.45. The molecule has 2 rings (SSSR count). The Morgan fingerprint density at radius 2 is 2.04 bits per heavy atom. The van der Waals surface area contributed by atoms with Gasteiger partial charge in [0.1, 0.15) is 0 Å². The molecule has 1 aromatic rings. The zero-order chi connectivity index (χ0) is 15.6. The lowest BCUT2D eigenvalue weighted by Gasteiger charge is -2.30. The average Bonchev–Trinajstić information content (AvgIpc) is 2.58. The Morgan fingerprint density at radius 1 is 1.30 bits per heavy atom. The summed E-state index contributed by atoms with van der Waals surface area (Å²) in [5.41, 5.74) is 2.45. The van der Waals surface area contributed by atoms with E-state index in [2.05, 4.69) is 50.7 Å². The summed E-state index contributed by atoms with van der Waals surface area (Å²) in [5, 5.41) is 6.31. The number of hydrogen-bond acceptors (Lipinski definition) is 3. The van der Waals surface area contributed by atoms with E-state index >= 15 is 0 Å². The predicted molar refractivity (Wildman–Crippen MR) is 107 cm³/mol. The molecule has 0 amide bonds. The van der Waals surface area contributed by atoms with E-state index in [1.165, 1.54) is 11.3 Å². The lowest BCUT2D eigenvalue weighted by atomic mass is 10.1. The summed E-state index contributed by atoms with van der Waals surface area (Å²) in [6.07, 6.45) is 5.29. The number of terminal acetylenes is 1. The van der Waals surface area contributed by atoms with E-state index in [0.717, 1.165) is 38.8 Å². The molecular weight excluding hydrogens is 403 g/mol. The van der Waals surface area contributed by atoms with Crippen molar-refractivity contribution < 1.29 is 4.74 Å². The van der Waals surface area contributed by atoms with Crippen LogP contribution in [-0.2, 0) is 11.3 Å². The van der Waals surface area contributed by atoms with Crippen molar-refractivity contribution in [3.8, 4) is 12.3 Å². The molecule has 0 radical (unpaired) electrons. The van der Waals surface area contributed by atoms with Gasteiger partial charge >= 0.3 is 0 Å². The highest BCUT2D eigenvalue weighted by molar-refractivity contribution is 14.0. The molecule has 1 fully saturated rings. The summed E-state index contributed by atoms with van der Waals surface area (Å²) >= 11 is 0. The van der Waals surface area contributed by atoms with Gasteiger partial charge in [0.05, 0.1) is 26.3 Å². The fourth-order valence-electron chi connectivity index (χ4n) is 2.40. The first kappa shape index (κ1) is 19.6. The van der Waals surface area contributed by atoms with Gasteiger partial charge in [-0.15, -0.1) is 30.4 Å². The highest BCUT2D eigenvalue weighted by Gasteiger charge is 2.14. The second-order valence-corrected chi connectivity index (χ2v) is 4.98. The van der Waals surface area contributed by atoms with Gasteiger partial charge in [-0.05, 0) is 18.6 Å². The van der Waals surface area contributed by atoms with Crippen LogP contribution in [0.5, 0.6) is 0 Å². The van der Waals surface area contributed by atoms with Crippen LogP contribution in [0.4, 0.5) is 5.69 Å². The van der Waals surface area contributed by atoms with Crippen molar-refractivity contribution in [2.45, 2.75) is 13.5 Å². The molecule has 5 nitrogen and oxygen atoms in total. The summed E-state index contributed by atoms with van der Waals surface area (Å²) in [6, 6.07) is 8.40. The van der Waals surface area contributed by atoms with Crippen LogP contribution in [0, 0.1) is 12.3 Å². The number of nitrogens with one attached hydrogen (secondary N) is 2. The highest BCUT2D eigenvalue weighted by atomic mass is 127.